The summed E-state index contributed by atoms with van der Waals surface area (Å²) in [5, 5.41) is 12.1. The first kappa shape index (κ1) is 17.9. The van der Waals surface area contributed by atoms with Crippen LogP contribution in [0.1, 0.15) is 71.6 Å². The van der Waals surface area contributed by atoms with Gasteiger partial charge in [-0.15, -0.1) is 0 Å². The Balaban J connectivity index is 1.48. The van der Waals surface area contributed by atoms with Crippen LogP contribution in [-0.2, 0) is 14.3 Å². The van der Waals surface area contributed by atoms with Gasteiger partial charge < -0.3 is 9.84 Å². The minimum absolute atomic E-state index is 0.165. The van der Waals surface area contributed by atoms with Gasteiger partial charge in [0.2, 0.25) is 0 Å². The highest BCUT2D eigenvalue weighted by molar-refractivity contribution is 5.85. The highest BCUT2D eigenvalue weighted by atomic mass is 16.5. The summed E-state index contributed by atoms with van der Waals surface area (Å²) in [7, 11) is 0. The molecule has 4 nitrogen and oxygen atoms in total. The quantitative estimate of drug-likeness (QED) is 0.711. The predicted molar refractivity (Wildman–Crippen MR) is 101 cm³/mol. The minimum atomic E-state index is -0.650. The van der Waals surface area contributed by atoms with Gasteiger partial charge in [-0.05, 0) is 79.6 Å². The molecule has 4 heteroatoms. The Morgan fingerprint density at radius 1 is 1.04 bits per heavy atom. The molecule has 1 aliphatic heterocycles. The van der Waals surface area contributed by atoms with E-state index in [1.54, 1.807) is 6.08 Å². The van der Waals surface area contributed by atoms with Crippen molar-refractivity contribution in [2.75, 3.05) is 6.61 Å². The van der Waals surface area contributed by atoms with Crippen LogP contribution in [0.3, 0.4) is 0 Å². The Bertz CT molecular complexity index is 726. The zero-order valence-corrected chi connectivity index (χ0v) is 16.6. The fraction of sp³-hybridized carbons (Fsp3) is 0.826. The fourth-order valence-corrected chi connectivity index (χ4v) is 8.20. The second-order valence-electron chi connectivity index (χ2n) is 10.5. The topological polar surface area (TPSA) is 63.6 Å². The van der Waals surface area contributed by atoms with Crippen molar-refractivity contribution in [1.82, 2.24) is 0 Å². The van der Waals surface area contributed by atoms with Gasteiger partial charge in [0.15, 0.2) is 0 Å². The minimum Gasteiger partial charge on any atom is -0.458 e. The van der Waals surface area contributed by atoms with Gasteiger partial charge in [0.05, 0.1) is 5.60 Å². The van der Waals surface area contributed by atoms with Crippen LogP contribution < -0.4 is 0 Å². The molecule has 7 atom stereocenters. The van der Waals surface area contributed by atoms with Crippen LogP contribution in [0.5, 0.6) is 0 Å². The number of hydrogen-bond acceptors (Lipinski definition) is 4. The number of ketones is 1. The zero-order valence-electron chi connectivity index (χ0n) is 16.6. The maximum absolute atomic E-state index is 12.1. The summed E-state index contributed by atoms with van der Waals surface area (Å²) in [5.41, 5.74) is 0.488. The van der Waals surface area contributed by atoms with Crippen LogP contribution in [0.15, 0.2) is 11.6 Å². The number of Topliss-reactive ketones (excluding diaryl/α,β-unsaturated/α-hetero) is 1. The van der Waals surface area contributed by atoms with Gasteiger partial charge in [0.25, 0.3) is 0 Å². The summed E-state index contributed by atoms with van der Waals surface area (Å²) in [4.78, 5) is 23.7. The summed E-state index contributed by atoms with van der Waals surface area (Å²) in [6.07, 6.45) is 10.2. The number of carbonyl (C=O) groups excluding carboxylic acids is 2. The van der Waals surface area contributed by atoms with Crippen molar-refractivity contribution in [1.29, 1.82) is 0 Å². The molecule has 5 rings (SSSR count). The molecule has 0 aromatic rings. The lowest BCUT2D eigenvalue weighted by Crippen LogP contribution is -2.62. The third-order valence-corrected chi connectivity index (χ3v) is 9.80. The summed E-state index contributed by atoms with van der Waals surface area (Å²) >= 11 is 0. The normalized spacial score (nSPS) is 51.9. The molecule has 4 aliphatic carbocycles. The molecule has 0 saturated heterocycles. The van der Waals surface area contributed by atoms with Gasteiger partial charge in [0, 0.05) is 24.3 Å². The maximum Gasteiger partial charge on any atom is 0.331 e. The van der Waals surface area contributed by atoms with Gasteiger partial charge >= 0.3 is 5.97 Å². The van der Waals surface area contributed by atoms with Gasteiger partial charge in [-0.1, -0.05) is 13.8 Å². The van der Waals surface area contributed by atoms with Crippen molar-refractivity contribution in [3.05, 3.63) is 11.6 Å². The predicted octanol–water partition coefficient (Wildman–Crippen LogP) is 3.81. The summed E-state index contributed by atoms with van der Waals surface area (Å²) in [6, 6.07) is 0. The third kappa shape index (κ3) is 2.25. The van der Waals surface area contributed by atoms with E-state index in [0.29, 0.717) is 30.1 Å². The van der Waals surface area contributed by atoms with Gasteiger partial charge in [-0.25, -0.2) is 4.79 Å². The standard InChI is InChI=1S/C23H32O4/c1-21-8-5-16(24)12-15(21)3-4-19-18(21)6-9-22(2)17(7-10-23(19,22)26)14-11-20(25)27-13-14/h11,15,17-19,26H,3-10,12-13H2,1-2H3/t15-,17-,18-,19-,21+,22-,23+/m1/s1. The maximum atomic E-state index is 12.1. The number of cyclic esters (lactones) is 1. The van der Waals surface area contributed by atoms with Crippen molar-refractivity contribution in [2.24, 2.45) is 34.5 Å². The zero-order chi connectivity index (χ0) is 19.0. The molecule has 0 bridgehead atoms. The molecular weight excluding hydrogens is 340 g/mol. The van der Waals surface area contributed by atoms with Crippen molar-refractivity contribution in [3.63, 3.8) is 0 Å². The largest absolute Gasteiger partial charge is 0.458 e. The van der Waals surface area contributed by atoms with E-state index in [4.69, 9.17) is 4.74 Å². The molecule has 0 spiro atoms. The number of hydrogen-bond donors (Lipinski definition) is 1. The van der Waals surface area contributed by atoms with E-state index in [1.807, 2.05) is 0 Å². The lowest BCUT2D eigenvalue weighted by molar-refractivity contribution is -0.203. The summed E-state index contributed by atoms with van der Waals surface area (Å²) < 4.78 is 5.19. The van der Waals surface area contributed by atoms with Crippen molar-refractivity contribution < 1.29 is 19.4 Å². The van der Waals surface area contributed by atoms with Crippen molar-refractivity contribution >= 4 is 11.8 Å². The lowest BCUT2D eigenvalue weighted by Gasteiger charge is -2.63. The number of fused-ring (bicyclic) bond motifs is 5. The van der Waals surface area contributed by atoms with E-state index in [0.717, 1.165) is 63.4 Å². The highest BCUT2D eigenvalue weighted by Gasteiger charge is 2.67. The molecule has 0 aromatic heterocycles. The fourth-order valence-electron chi connectivity index (χ4n) is 8.20. The molecule has 4 fully saturated rings. The lowest BCUT2D eigenvalue weighted by atomic mass is 9.43. The highest BCUT2D eigenvalue weighted by Crippen LogP contribution is 2.69. The van der Waals surface area contributed by atoms with Crippen molar-refractivity contribution in [3.8, 4) is 0 Å². The average Bonchev–Trinajstić information content (AvgIpc) is 3.16. The molecule has 0 unspecified atom stereocenters. The van der Waals surface area contributed by atoms with E-state index in [2.05, 4.69) is 13.8 Å². The SMILES string of the molecule is C[C@]12CCC(=O)C[C@H]1CC[C@@H]1[C@H]2CC[C@]2(C)[C@@H](C3=CC(=O)OC3)CC[C@]12O. The summed E-state index contributed by atoms with van der Waals surface area (Å²) in [5.74, 6) is 1.83. The summed E-state index contributed by atoms with van der Waals surface area (Å²) in [6.45, 7) is 5.08. The Morgan fingerprint density at radius 2 is 1.85 bits per heavy atom. The van der Waals surface area contributed by atoms with E-state index in [-0.39, 0.29) is 22.7 Å². The van der Waals surface area contributed by atoms with E-state index in [1.165, 1.54) is 0 Å². The molecule has 1 N–H and O–H groups in total. The number of rotatable bonds is 1. The van der Waals surface area contributed by atoms with Crippen LogP contribution in [0.2, 0.25) is 0 Å². The second kappa shape index (κ2) is 5.68. The molecule has 4 saturated carbocycles. The Kier molecular flexibility index (Phi) is 3.77. The van der Waals surface area contributed by atoms with Crippen LogP contribution in [0.4, 0.5) is 0 Å². The van der Waals surface area contributed by atoms with E-state index < -0.39 is 5.60 Å². The smallest absolute Gasteiger partial charge is 0.331 e. The monoisotopic (exact) mass is 372 g/mol. The van der Waals surface area contributed by atoms with Crippen LogP contribution in [-0.4, -0.2) is 29.1 Å². The Labute approximate surface area is 161 Å². The van der Waals surface area contributed by atoms with Crippen LogP contribution in [0.25, 0.3) is 0 Å². The average molecular weight is 373 g/mol. The molecule has 5 aliphatic rings. The van der Waals surface area contributed by atoms with Crippen LogP contribution in [0, 0.1) is 34.5 Å². The molecule has 27 heavy (non-hydrogen) atoms. The van der Waals surface area contributed by atoms with Crippen LogP contribution >= 0.6 is 0 Å². The van der Waals surface area contributed by atoms with Gasteiger partial charge in [-0.3, -0.25) is 4.79 Å². The second-order valence-corrected chi connectivity index (χ2v) is 10.5. The van der Waals surface area contributed by atoms with E-state index in [9.17, 15) is 14.7 Å². The molecule has 1 heterocycles. The van der Waals surface area contributed by atoms with E-state index >= 15 is 0 Å². The molecule has 148 valence electrons. The molecule has 0 radical (unpaired) electrons. The van der Waals surface area contributed by atoms with Crippen molar-refractivity contribution in [2.45, 2.75) is 77.2 Å². The van der Waals surface area contributed by atoms with Gasteiger partial charge in [-0.2, -0.15) is 0 Å². The number of esters is 1. The number of aliphatic hydroxyl groups is 1. The number of ether oxygens (including phenoxy) is 1. The molecule has 0 amide bonds. The molecule has 0 aromatic carbocycles. The number of carbonyl (C=O) groups is 2. The first-order valence-electron chi connectivity index (χ1n) is 10.9. The Hall–Kier alpha value is -1.16. The third-order valence-electron chi connectivity index (χ3n) is 9.80. The first-order chi connectivity index (χ1) is 12.8. The first-order valence-corrected chi connectivity index (χ1v) is 10.9. The van der Waals surface area contributed by atoms with Gasteiger partial charge in [0.1, 0.15) is 12.4 Å². The Morgan fingerprint density at radius 3 is 2.59 bits per heavy atom. The molecular formula is C23H32O4.